The van der Waals surface area contributed by atoms with Gasteiger partial charge in [0, 0.05) is 44.4 Å². The van der Waals surface area contributed by atoms with E-state index in [1.54, 1.807) is 23.8 Å². The fourth-order valence-electron chi connectivity index (χ4n) is 5.16. The predicted octanol–water partition coefficient (Wildman–Crippen LogP) is 4.09. The Kier molecular flexibility index (Phi) is 8.25. The molecule has 2 aromatic rings. The summed E-state index contributed by atoms with van der Waals surface area (Å²) in [7, 11) is 1.60. The molecule has 1 atom stereocenters. The molecule has 3 aliphatic heterocycles. The van der Waals surface area contributed by atoms with E-state index in [-0.39, 0.29) is 24.8 Å². The van der Waals surface area contributed by atoms with Gasteiger partial charge in [-0.25, -0.2) is 9.79 Å². The predicted molar refractivity (Wildman–Crippen MR) is 153 cm³/mol. The van der Waals surface area contributed by atoms with Gasteiger partial charge in [-0.3, -0.25) is 9.59 Å². The Morgan fingerprint density at radius 3 is 2.35 bits per heavy atom. The molecule has 1 saturated heterocycles. The number of piperazine rings is 1. The van der Waals surface area contributed by atoms with Crippen LogP contribution in [0.15, 0.2) is 82.0 Å². The largest absolute Gasteiger partial charge is 0.496 e. The summed E-state index contributed by atoms with van der Waals surface area (Å²) < 4.78 is 11.5. The van der Waals surface area contributed by atoms with Crippen LogP contribution in [0.5, 0.6) is 5.75 Å². The minimum absolute atomic E-state index is 0.0182. The summed E-state index contributed by atoms with van der Waals surface area (Å²) in [6.07, 6.45) is 0.142. The van der Waals surface area contributed by atoms with Gasteiger partial charge in [0.15, 0.2) is 5.17 Å². The van der Waals surface area contributed by atoms with Gasteiger partial charge >= 0.3 is 5.97 Å². The number of aliphatic imine (C=N–C) groups is 1. The van der Waals surface area contributed by atoms with Crippen LogP contribution in [0.1, 0.15) is 37.4 Å². The first-order valence-corrected chi connectivity index (χ1v) is 14.1. The molecule has 5 rings (SSSR count). The maximum atomic E-state index is 13.7. The molecule has 9 nitrogen and oxygen atoms in total. The topological polar surface area (TPSA) is 91.7 Å². The monoisotopic (exact) mass is 560 g/mol. The van der Waals surface area contributed by atoms with Crippen molar-refractivity contribution >= 4 is 34.7 Å². The van der Waals surface area contributed by atoms with E-state index >= 15 is 0 Å². The lowest BCUT2D eigenvalue weighted by Crippen LogP contribution is -2.50. The molecule has 0 aliphatic carbocycles. The average molecular weight is 561 g/mol. The second-order valence-corrected chi connectivity index (χ2v) is 10.6. The third-order valence-corrected chi connectivity index (χ3v) is 8.17. The number of hydrogen-bond donors (Lipinski definition) is 0. The zero-order chi connectivity index (χ0) is 28.2. The lowest BCUT2D eigenvalue weighted by Gasteiger charge is -2.38. The summed E-state index contributed by atoms with van der Waals surface area (Å²) in [4.78, 5) is 49.0. The van der Waals surface area contributed by atoms with Crippen molar-refractivity contribution < 1.29 is 23.9 Å². The Labute approximate surface area is 238 Å². The number of thioether (sulfide) groups is 1. The molecular weight excluding hydrogens is 528 g/mol. The highest BCUT2D eigenvalue weighted by molar-refractivity contribution is 8.16. The van der Waals surface area contributed by atoms with Crippen molar-refractivity contribution in [3.63, 3.8) is 0 Å². The molecule has 0 spiro atoms. The van der Waals surface area contributed by atoms with Crippen molar-refractivity contribution in [3.05, 3.63) is 88.1 Å². The molecule has 1 fully saturated rings. The molecule has 3 aliphatic rings. The number of ether oxygens (including phenoxy) is 2. The van der Waals surface area contributed by atoms with E-state index in [0.29, 0.717) is 48.4 Å². The highest BCUT2D eigenvalue weighted by Crippen LogP contribution is 2.47. The van der Waals surface area contributed by atoms with E-state index in [4.69, 9.17) is 14.5 Å². The minimum Gasteiger partial charge on any atom is -0.496 e. The zero-order valence-corrected chi connectivity index (χ0v) is 23.6. The maximum absolute atomic E-state index is 13.7. The van der Waals surface area contributed by atoms with Gasteiger partial charge in [-0.05, 0) is 24.0 Å². The molecule has 0 aromatic heterocycles. The summed E-state index contributed by atoms with van der Waals surface area (Å²) in [5, 5.41) is 2.62. The number of nitrogens with zero attached hydrogens (tertiary/aromatic N) is 4. The molecule has 10 heteroatoms. The Hall–Kier alpha value is -4.05. The number of amides is 2. The van der Waals surface area contributed by atoms with Crippen LogP contribution < -0.4 is 4.74 Å². The van der Waals surface area contributed by atoms with Gasteiger partial charge in [-0.2, -0.15) is 0 Å². The van der Waals surface area contributed by atoms with Crippen molar-refractivity contribution in [3.8, 4) is 5.75 Å². The van der Waals surface area contributed by atoms with Crippen molar-refractivity contribution in [2.24, 2.45) is 4.99 Å². The number of hydrogen-bond acceptors (Lipinski definition) is 8. The number of benzene rings is 2. The van der Waals surface area contributed by atoms with Gasteiger partial charge in [0.1, 0.15) is 12.4 Å². The molecule has 3 heterocycles. The SMILES string of the molecule is COc1ccccc1[C@H]1C(C(=O)OCc2ccccc2)=C(C)N=C2SC=C(CC(=O)N3CCN(C(C)=O)CC3)N21. The van der Waals surface area contributed by atoms with E-state index in [1.807, 2.05) is 71.8 Å². The van der Waals surface area contributed by atoms with Crippen LogP contribution in [0, 0.1) is 0 Å². The summed E-state index contributed by atoms with van der Waals surface area (Å²) in [6.45, 7) is 5.52. The van der Waals surface area contributed by atoms with Gasteiger partial charge < -0.3 is 24.2 Å². The lowest BCUT2D eigenvalue weighted by molar-refractivity contribution is -0.141. The van der Waals surface area contributed by atoms with Gasteiger partial charge in [-0.15, -0.1) is 0 Å². The van der Waals surface area contributed by atoms with Crippen LogP contribution in [-0.4, -0.2) is 70.9 Å². The standard InChI is InChI=1S/C30H32N4O5S/c1-20-27(29(37)39-18-22-9-5-4-6-10-22)28(24-11-7-8-12-25(24)38-3)34-23(19-40-30(34)31-20)17-26(36)33-15-13-32(14-16-33)21(2)35/h4-12,19,28H,13-18H2,1-3H3/t28-/m0/s1. The van der Waals surface area contributed by atoms with E-state index in [0.717, 1.165) is 16.8 Å². The lowest BCUT2D eigenvalue weighted by atomic mass is 9.93. The van der Waals surface area contributed by atoms with E-state index in [9.17, 15) is 14.4 Å². The van der Waals surface area contributed by atoms with Crippen LogP contribution in [0.4, 0.5) is 0 Å². The summed E-state index contributed by atoms with van der Waals surface area (Å²) in [5.74, 6) is 0.139. The molecule has 0 radical (unpaired) electrons. The minimum atomic E-state index is -0.587. The normalized spacial score (nSPS) is 18.7. The molecular formula is C30H32N4O5S. The van der Waals surface area contributed by atoms with Crippen LogP contribution in [0.2, 0.25) is 0 Å². The number of amidine groups is 1. The van der Waals surface area contributed by atoms with Crippen LogP contribution in [0.3, 0.4) is 0 Å². The first-order chi connectivity index (χ1) is 19.4. The van der Waals surface area contributed by atoms with Gasteiger partial charge in [-0.1, -0.05) is 60.3 Å². The fourth-order valence-corrected chi connectivity index (χ4v) is 6.12. The second kappa shape index (κ2) is 12.0. The molecule has 0 bridgehead atoms. The molecule has 0 N–H and O–H groups in total. The molecule has 2 amide bonds. The summed E-state index contributed by atoms with van der Waals surface area (Å²) in [5.41, 5.74) is 3.38. The van der Waals surface area contributed by atoms with Crippen LogP contribution in [0.25, 0.3) is 0 Å². The Morgan fingerprint density at radius 2 is 1.65 bits per heavy atom. The molecule has 2 aromatic carbocycles. The Morgan fingerprint density at radius 1 is 0.975 bits per heavy atom. The van der Waals surface area contributed by atoms with E-state index in [1.165, 1.54) is 11.8 Å². The van der Waals surface area contributed by atoms with E-state index in [2.05, 4.69) is 0 Å². The van der Waals surface area contributed by atoms with Gasteiger partial charge in [0.05, 0.1) is 30.8 Å². The first-order valence-electron chi connectivity index (χ1n) is 13.2. The molecule has 0 saturated carbocycles. The number of allylic oxidation sites excluding steroid dienone is 1. The van der Waals surface area contributed by atoms with Crippen molar-refractivity contribution in [1.29, 1.82) is 0 Å². The highest BCUT2D eigenvalue weighted by atomic mass is 32.2. The number of esters is 1. The smallest absolute Gasteiger partial charge is 0.338 e. The molecule has 0 unspecified atom stereocenters. The first kappa shape index (κ1) is 27.5. The number of carbonyl (C=O) groups is 3. The van der Waals surface area contributed by atoms with E-state index < -0.39 is 12.0 Å². The summed E-state index contributed by atoms with van der Waals surface area (Å²) in [6, 6.07) is 16.5. The van der Waals surface area contributed by atoms with Gasteiger partial charge in [0.2, 0.25) is 11.8 Å². The number of para-hydroxylation sites is 1. The highest BCUT2D eigenvalue weighted by Gasteiger charge is 2.42. The third kappa shape index (κ3) is 5.62. The van der Waals surface area contributed by atoms with Crippen molar-refractivity contribution in [2.45, 2.75) is 32.9 Å². The van der Waals surface area contributed by atoms with Crippen molar-refractivity contribution in [1.82, 2.24) is 14.7 Å². The van der Waals surface area contributed by atoms with Crippen LogP contribution >= 0.6 is 11.8 Å². The maximum Gasteiger partial charge on any atom is 0.338 e. The summed E-state index contributed by atoms with van der Waals surface area (Å²) >= 11 is 1.43. The fraction of sp³-hybridized carbons (Fsp3) is 0.333. The Bertz CT molecular complexity index is 1400. The van der Waals surface area contributed by atoms with Gasteiger partial charge in [0.25, 0.3) is 0 Å². The number of fused-ring (bicyclic) bond motifs is 1. The number of methoxy groups -OCH3 is 1. The zero-order valence-electron chi connectivity index (χ0n) is 22.8. The van der Waals surface area contributed by atoms with Crippen molar-refractivity contribution in [2.75, 3.05) is 33.3 Å². The van der Waals surface area contributed by atoms with Crippen LogP contribution in [-0.2, 0) is 25.7 Å². The Balaban J connectivity index is 1.43. The molecule has 40 heavy (non-hydrogen) atoms. The molecule has 208 valence electrons. The number of rotatable bonds is 7. The number of carbonyl (C=O) groups excluding carboxylic acids is 3. The third-order valence-electron chi connectivity index (χ3n) is 7.28. The quantitative estimate of drug-likeness (QED) is 0.471. The second-order valence-electron chi connectivity index (χ2n) is 9.76. The average Bonchev–Trinajstić information content (AvgIpc) is 3.37.